The van der Waals surface area contributed by atoms with E-state index in [4.69, 9.17) is 0 Å². The van der Waals surface area contributed by atoms with Crippen molar-refractivity contribution in [3.8, 4) is 0 Å². The fraction of sp³-hybridized carbons (Fsp3) is 0.364. The van der Waals surface area contributed by atoms with E-state index in [1.807, 2.05) is 6.92 Å². The van der Waals surface area contributed by atoms with E-state index in [9.17, 15) is 8.78 Å². The van der Waals surface area contributed by atoms with Gasteiger partial charge in [0.25, 0.3) is 0 Å². The van der Waals surface area contributed by atoms with Crippen molar-refractivity contribution in [2.45, 2.75) is 26.2 Å². The van der Waals surface area contributed by atoms with Gasteiger partial charge in [0, 0.05) is 0 Å². The third-order valence-electron chi connectivity index (χ3n) is 1.91. The summed E-state index contributed by atoms with van der Waals surface area (Å²) in [4.78, 5) is 0. The van der Waals surface area contributed by atoms with Gasteiger partial charge in [-0.25, -0.2) is 8.78 Å². The molecule has 1 rings (SSSR count). The first-order chi connectivity index (χ1) is 6.24. The predicted octanol–water partition coefficient (Wildman–Crippen LogP) is 3.51. The van der Waals surface area contributed by atoms with E-state index >= 15 is 0 Å². The van der Waals surface area contributed by atoms with Crippen molar-refractivity contribution in [3.63, 3.8) is 0 Å². The topological polar surface area (TPSA) is 0 Å². The van der Waals surface area contributed by atoms with Crippen LogP contribution < -0.4 is 0 Å². The summed E-state index contributed by atoms with van der Waals surface area (Å²) in [5, 5.41) is 0. The van der Waals surface area contributed by atoms with Gasteiger partial charge in [0.2, 0.25) is 0 Å². The molecule has 0 aromatic heterocycles. The smallest absolute Gasteiger partial charge is 0.126 e. The zero-order valence-corrected chi connectivity index (χ0v) is 7.69. The Balaban J connectivity index is 2.59. The first kappa shape index (κ1) is 10.2. The van der Waals surface area contributed by atoms with E-state index in [2.05, 4.69) is 6.42 Å². The number of hydrogen-bond acceptors (Lipinski definition) is 0. The lowest BCUT2D eigenvalue weighted by atomic mass is 10.1. The molecule has 0 amide bonds. The molecule has 0 N–H and O–H groups in total. The van der Waals surface area contributed by atoms with Crippen LogP contribution in [0.4, 0.5) is 8.78 Å². The Morgan fingerprint density at radius 2 is 2.08 bits per heavy atom. The van der Waals surface area contributed by atoms with Crippen molar-refractivity contribution < 1.29 is 8.78 Å². The van der Waals surface area contributed by atoms with Crippen molar-refractivity contribution in [2.75, 3.05) is 0 Å². The third kappa shape index (κ3) is 3.13. The standard InChI is InChI=1S/C11H13F2/c1-2-3-4-5-9-8-10(12)6-7-11(9)13/h3,6-8H,2,4-5H2,1H3. The molecule has 13 heavy (non-hydrogen) atoms. The van der Waals surface area contributed by atoms with Crippen molar-refractivity contribution in [3.05, 3.63) is 41.8 Å². The average molecular weight is 183 g/mol. The molecule has 0 spiro atoms. The second-order valence-electron chi connectivity index (χ2n) is 2.97. The van der Waals surface area contributed by atoms with Crippen LogP contribution >= 0.6 is 0 Å². The molecule has 0 bridgehead atoms. The molecule has 2 heteroatoms. The molecule has 1 aromatic carbocycles. The van der Waals surface area contributed by atoms with Gasteiger partial charge >= 0.3 is 0 Å². The first-order valence-electron chi connectivity index (χ1n) is 4.49. The lowest BCUT2D eigenvalue weighted by Gasteiger charge is -2.01. The van der Waals surface area contributed by atoms with Crippen LogP contribution in [-0.2, 0) is 6.42 Å². The minimum absolute atomic E-state index is 0.314. The summed E-state index contributed by atoms with van der Waals surface area (Å²) in [5.74, 6) is -0.682. The lowest BCUT2D eigenvalue weighted by molar-refractivity contribution is 0.583. The number of aryl methyl sites for hydroxylation is 1. The highest BCUT2D eigenvalue weighted by atomic mass is 19.1. The van der Waals surface area contributed by atoms with Crippen LogP contribution in [0, 0.1) is 18.1 Å². The fourth-order valence-corrected chi connectivity index (χ4v) is 1.20. The molecular formula is C11H13F2. The second kappa shape index (κ2) is 4.95. The van der Waals surface area contributed by atoms with E-state index in [-0.39, 0.29) is 11.6 Å². The van der Waals surface area contributed by atoms with Gasteiger partial charge in [0.1, 0.15) is 11.6 Å². The van der Waals surface area contributed by atoms with E-state index in [0.717, 1.165) is 18.9 Å². The van der Waals surface area contributed by atoms with Crippen molar-refractivity contribution in [1.82, 2.24) is 0 Å². The summed E-state index contributed by atoms with van der Waals surface area (Å²) in [6.45, 7) is 2.03. The van der Waals surface area contributed by atoms with Gasteiger partial charge in [-0.05, 0) is 43.0 Å². The Labute approximate surface area is 77.6 Å². The molecule has 0 fully saturated rings. The molecule has 71 valence electrons. The summed E-state index contributed by atoms with van der Waals surface area (Å²) >= 11 is 0. The number of unbranched alkanes of at least 4 members (excludes halogenated alkanes) is 2. The van der Waals surface area contributed by atoms with Gasteiger partial charge in [0.05, 0.1) is 0 Å². The van der Waals surface area contributed by atoms with Crippen molar-refractivity contribution in [2.24, 2.45) is 0 Å². The molecule has 1 radical (unpaired) electrons. The predicted molar refractivity (Wildman–Crippen MR) is 49.3 cm³/mol. The monoisotopic (exact) mass is 183 g/mol. The zero-order chi connectivity index (χ0) is 9.68. The summed E-state index contributed by atoms with van der Waals surface area (Å²) in [5.41, 5.74) is 0.463. The molecule has 0 saturated heterocycles. The largest absolute Gasteiger partial charge is 0.207 e. The quantitative estimate of drug-likeness (QED) is 0.626. The maximum absolute atomic E-state index is 13.0. The Kier molecular flexibility index (Phi) is 3.87. The van der Waals surface area contributed by atoms with Gasteiger partial charge in [-0.2, -0.15) is 0 Å². The molecule has 1 aromatic rings. The maximum Gasteiger partial charge on any atom is 0.126 e. The van der Waals surface area contributed by atoms with E-state index in [1.165, 1.54) is 12.1 Å². The second-order valence-corrected chi connectivity index (χ2v) is 2.97. The molecule has 0 unspecified atom stereocenters. The third-order valence-corrected chi connectivity index (χ3v) is 1.91. The normalized spacial score (nSPS) is 10.4. The van der Waals surface area contributed by atoms with Gasteiger partial charge in [0.15, 0.2) is 0 Å². The van der Waals surface area contributed by atoms with Crippen LogP contribution in [0.5, 0.6) is 0 Å². The van der Waals surface area contributed by atoms with E-state index < -0.39 is 0 Å². The summed E-state index contributed by atoms with van der Waals surface area (Å²) < 4.78 is 25.7. The van der Waals surface area contributed by atoms with Crippen LogP contribution in [0.25, 0.3) is 0 Å². The molecule has 0 aliphatic heterocycles. The lowest BCUT2D eigenvalue weighted by Crippen LogP contribution is -1.92. The molecular weight excluding hydrogens is 170 g/mol. The van der Waals surface area contributed by atoms with Crippen LogP contribution in [0.2, 0.25) is 0 Å². The van der Waals surface area contributed by atoms with Crippen LogP contribution in [-0.4, -0.2) is 0 Å². The highest BCUT2D eigenvalue weighted by Crippen LogP contribution is 2.12. The van der Waals surface area contributed by atoms with E-state index in [1.54, 1.807) is 0 Å². The van der Waals surface area contributed by atoms with Gasteiger partial charge in [-0.1, -0.05) is 13.3 Å². The average Bonchev–Trinajstić information content (AvgIpc) is 2.11. The molecule has 0 aliphatic rings. The summed E-state index contributed by atoms with van der Waals surface area (Å²) in [6, 6.07) is 3.58. The SMILES string of the molecule is CC[CH]CCc1cc(F)ccc1F. The fourth-order valence-electron chi connectivity index (χ4n) is 1.20. The van der Waals surface area contributed by atoms with E-state index in [0.29, 0.717) is 12.0 Å². The number of hydrogen-bond donors (Lipinski definition) is 0. The number of halogens is 2. The summed E-state index contributed by atoms with van der Waals surface area (Å²) in [7, 11) is 0. The Bertz CT molecular complexity index is 269. The highest BCUT2D eigenvalue weighted by molar-refractivity contribution is 5.18. The minimum atomic E-state index is -0.368. The number of rotatable bonds is 4. The highest BCUT2D eigenvalue weighted by Gasteiger charge is 2.02. The number of benzene rings is 1. The van der Waals surface area contributed by atoms with Crippen LogP contribution in [0.1, 0.15) is 25.3 Å². The Hall–Kier alpha value is -0.920. The summed E-state index contributed by atoms with van der Waals surface area (Å²) in [6.07, 6.45) is 4.41. The molecule has 0 saturated carbocycles. The van der Waals surface area contributed by atoms with Crippen LogP contribution in [0.15, 0.2) is 18.2 Å². The van der Waals surface area contributed by atoms with Crippen LogP contribution in [0.3, 0.4) is 0 Å². The van der Waals surface area contributed by atoms with Gasteiger partial charge in [-0.15, -0.1) is 0 Å². The molecule has 0 aliphatic carbocycles. The zero-order valence-electron chi connectivity index (χ0n) is 7.69. The maximum atomic E-state index is 13.0. The van der Waals surface area contributed by atoms with Gasteiger partial charge < -0.3 is 0 Å². The van der Waals surface area contributed by atoms with Crippen molar-refractivity contribution in [1.29, 1.82) is 0 Å². The first-order valence-corrected chi connectivity index (χ1v) is 4.49. The molecule has 0 heterocycles. The Morgan fingerprint density at radius 3 is 2.77 bits per heavy atom. The molecule has 0 atom stereocenters. The van der Waals surface area contributed by atoms with Crippen molar-refractivity contribution >= 4 is 0 Å². The van der Waals surface area contributed by atoms with Gasteiger partial charge in [-0.3, -0.25) is 0 Å². The Morgan fingerprint density at radius 1 is 1.31 bits per heavy atom. The minimum Gasteiger partial charge on any atom is -0.207 e. The molecule has 0 nitrogen and oxygen atoms in total.